The van der Waals surface area contributed by atoms with Crippen LogP contribution in [-0.4, -0.2) is 25.5 Å². The Morgan fingerprint density at radius 1 is 0.605 bits per heavy atom. The van der Waals surface area contributed by atoms with Crippen LogP contribution in [0.1, 0.15) is 102 Å². The van der Waals surface area contributed by atoms with Gasteiger partial charge in [-0.1, -0.05) is 114 Å². The molecule has 208 valence electrons. The highest BCUT2D eigenvalue weighted by Gasteiger charge is 2.25. The number of fused-ring (bicyclic) bond motifs is 2. The predicted molar refractivity (Wildman–Crippen MR) is 151 cm³/mol. The molecule has 0 aliphatic heterocycles. The molecule has 0 aromatic heterocycles. The van der Waals surface area contributed by atoms with E-state index in [4.69, 9.17) is 18.9 Å². The zero-order valence-electron chi connectivity index (χ0n) is 23.2. The summed E-state index contributed by atoms with van der Waals surface area (Å²) in [5.41, 5.74) is 1.67. The largest absolute Gasteiger partial charge is 0.513 e. The van der Waals surface area contributed by atoms with Crippen LogP contribution in [0.25, 0.3) is 10.8 Å². The lowest BCUT2D eigenvalue weighted by molar-refractivity contribution is 0.0953. The number of carbonyl (C=O) groups excluding carboxylic acids is 2. The van der Waals surface area contributed by atoms with E-state index in [9.17, 15) is 9.59 Å². The van der Waals surface area contributed by atoms with Crippen molar-refractivity contribution in [3.8, 4) is 11.5 Å². The third-order valence-electron chi connectivity index (χ3n) is 6.95. The molecule has 0 amide bonds. The molecule has 0 atom stereocenters. The zero-order valence-corrected chi connectivity index (χ0v) is 23.2. The first-order valence-electron chi connectivity index (χ1n) is 14.6. The summed E-state index contributed by atoms with van der Waals surface area (Å²) < 4.78 is 22.3. The molecule has 0 saturated carbocycles. The van der Waals surface area contributed by atoms with Gasteiger partial charge in [0.1, 0.15) is 11.5 Å². The third kappa shape index (κ3) is 9.07. The molecule has 0 spiro atoms. The van der Waals surface area contributed by atoms with Crippen LogP contribution in [-0.2, 0) is 22.3 Å². The van der Waals surface area contributed by atoms with Crippen LogP contribution in [0.3, 0.4) is 0 Å². The van der Waals surface area contributed by atoms with Gasteiger partial charge in [0.15, 0.2) is 0 Å². The van der Waals surface area contributed by atoms with E-state index in [0.29, 0.717) is 48.3 Å². The van der Waals surface area contributed by atoms with Crippen LogP contribution in [0.2, 0.25) is 0 Å². The number of rotatable bonds is 16. The second-order valence-electron chi connectivity index (χ2n) is 9.98. The second kappa shape index (κ2) is 16.7. The molecule has 0 bridgehead atoms. The summed E-state index contributed by atoms with van der Waals surface area (Å²) in [7, 11) is 0. The van der Waals surface area contributed by atoms with Crippen molar-refractivity contribution in [1.82, 2.24) is 0 Å². The number of hydrogen-bond acceptors (Lipinski definition) is 6. The molecular formula is C32H44O6. The van der Waals surface area contributed by atoms with Gasteiger partial charge in [-0.2, -0.15) is 0 Å². The summed E-state index contributed by atoms with van der Waals surface area (Å²) in [5.74, 6) is 0.946. The standard InChI is InChI=1S/C32H44O6/c1-3-5-7-9-11-17-23-35-31(33)37-29-25-19-13-15-21-27(25)30(28-22-16-14-20-26(28)29)38-32(34)36-24-18-12-10-8-6-4-2/h13-16,19,21H,3-12,17-18,20,22-24H2,1-2H3. The van der Waals surface area contributed by atoms with Crippen molar-refractivity contribution < 1.29 is 28.5 Å². The number of ether oxygens (including phenoxy) is 4. The Balaban J connectivity index is 1.66. The number of unbranched alkanes of at least 4 members (excludes halogenated alkanes) is 10. The molecule has 1 aliphatic carbocycles. The molecule has 2 aromatic rings. The topological polar surface area (TPSA) is 71.1 Å². The van der Waals surface area contributed by atoms with Gasteiger partial charge in [-0.3, -0.25) is 0 Å². The van der Waals surface area contributed by atoms with E-state index in [-0.39, 0.29) is 0 Å². The Kier molecular flexibility index (Phi) is 13.0. The zero-order chi connectivity index (χ0) is 27.0. The van der Waals surface area contributed by atoms with Crippen LogP contribution in [0.15, 0.2) is 36.4 Å². The average Bonchev–Trinajstić information content (AvgIpc) is 2.93. The molecule has 6 heteroatoms. The van der Waals surface area contributed by atoms with Crippen LogP contribution < -0.4 is 9.47 Å². The van der Waals surface area contributed by atoms with Gasteiger partial charge in [-0.05, 0) is 25.7 Å². The Labute approximate surface area is 227 Å². The van der Waals surface area contributed by atoms with Gasteiger partial charge in [-0.15, -0.1) is 0 Å². The molecule has 6 nitrogen and oxygen atoms in total. The molecule has 3 rings (SSSR count). The Bertz CT molecular complexity index is 975. The van der Waals surface area contributed by atoms with Crippen LogP contribution in [0.4, 0.5) is 9.59 Å². The van der Waals surface area contributed by atoms with Crippen molar-refractivity contribution >= 4 is 23.1 Å². The fraction of sp³-hybridized carbons (Fsp3) is 0.562. The minimum Gasteiger partial charge on any atom is -0.434 e. The first kappa shape index (κ1) is 29.5. The summed E-state index contributed by atoms with van der Waals surface area (Å²) in [6.07, 6.45) is 17.2. The molecule has 1 aliphatic rings. The maximum atomic E-state index is 12.6. The third-order valence-corrected chi connectivity index (χ3v) is 6.95. The van der Waals surface area contributed by atoms with E-state index in [2.05, 4.69) is 13.8 Å². The first-order valence-corrected chi connectivity index (χ1v) is 14.6. The normalized spacial score (nSPS) is 12.3. The highest BCUT2D eigenvalue weighted by Crippen LogP contribution is 2.43. The van der Waals surface area contributed by atoms with Crippen molar-refractivity contribution in [2.45, 2.75) is 104 Å². The lowest BCUT2D eigenvalue weighted by Gasteiger charge is -2.22. The lowest BCUT2D eigenvalue weighted by Crippen LogP contribution is -2.17. The molecule has 0 unspecified atom stereocenters. The minimum atomic E-state index is -0.701. The summed E-state index contributed by atoms with van der Waals surface area (Å²) in [6.45, 7) is 5.07. The maximum Gasteiger partial charge on any atom is 0.513 e. The van der Waals surface area contributed by atoms with Crippen molar-refractivity contribution in [3.63, 3.8) is 0 Å². The number of carbonyl (C=O) groups is 2. The van der Waals surface area contributed by atoms with E-state index in [1.165, 1.54) is 38.5 Å². The van der Waals surface area contributed by atoms with Crippen LogP contribution in [0, 0.1) is 0 Å². The molecular weight excluding hydrogens is 480 g/mol. The van der Waals surface area contributed by atoms with Crippen LogP contribution in [0.5, 0.6) is 11.5 Å². The first-order chi connectivity index (χ1) is 18.7. The fourth-order valence-corrected chi connectivity index (χ4v) is 4.85. The maximum absolute atomic E-state index is 12.6. The Hall–Kier alpha value is -3.02. The highest BCUT2D eigenvalue weighted by atomic mass is 16.7. The van der Waals surface area contributed by atoms with Crippen molar-refractivity contribution in [2.24, 2.45) is 0 Å². The van der Waals surface area contributed by atoms with Gasteiger partial charge in [0.25, 0.3) is 0 Å². The van der Waals surface area contributed by atoms with E-state index < -0.39 is 12.3 Å². The SMILES string of the molecule is CCCCCCCCOC(=O)Oc1c2c(c(OC(=O)OCCCCCCCC)c3ccccc13)CC=CC2. The number of allylic oxidation sites excluding steroid dienone is 2. The van der Waals surface area contributed by atoms with E-state index in [1.54, 1.807) is 0 Å². The van der Waals surface area contributed by atoms with Gasteiger partial charge in [-0.25, -0.2) is 9.59 Å². The van der Waals surface area contributed by atoms with Crippen molar-refractivity contribution in [2.75, 3.05) is 13.2 Å². The molecule has 38 heavy (non-hydrogen) atoms. The van der Waals surface area contributed by atoms with Gasteiger partial charge in [0.05, 0.1) is 13.2 Å². The summed E-state index contributed by atoms with van der Waals surface area (Å²) in [5, 5.41) is 1.41. The minimum absolute atomic E-state index is 0.344. The molecule has 0 heterocycles. The number of benzene rings is 2. The summed E-state index contributed by atoms with van der Waals surface area (Å²) in [6, 6.07) is 7.50. The quantitative estimate of drug-likeness (QED) is 0.0943. The number of hydrogen-bond donors (Lipinski definition) is 0. The molecule has 0 radical (unpaired) electrons. The van der Waals surface area contributed by atoms with Crippen molar-refractivity contribution in [3.05, 3.63) is 47.5 Å². The van der Waals surface area contributed by atoms with E-state index in [0.717, 1.165) is 49.7 Å². The van der Waals surface area contributed by atoms with Gasteiger partial charge in [0, 0.05) is 21.9 Å². The van der Waals surface area contributed by atoms with Gasteiger partial charge < -0.3 is 18.9 Å². The molecule has 0 saturated heterocycles. The van der Waals surface area contributed by atoms with E-state index in [1.807, 2.05) is 36.4 Å². The predicted octanol–water partition coefficient (Wildman–Crippen LogP) is 9.25. The summed E-state index contributed by atoms with van der Waals surface area (Å²) in [4.78, 5) is 25.2. The molecule has 2 aromatic carbocycles. The monoisotopic (exact) mass is 524 g/mol. The smallest absolute Gasteiger partial charge is 0.434 e. The van der Waals surface area contributed by atoms with Crippen molar-refractivity contribution in [1.29, 1.82) is 0 Å². The van der Waals surface area contributed by atoms with E-state index >= 15 is 0 Å². The molecule has 0 fully saturated rings. The van der Waals surface area contributed by atoms with Gasteiger partial charge >= 0.3 is 12.3 Å². The average molecular weight is 525 g/mol. The highest BCUT2D eigenvalue weighted by molar-refractivity contribution is 5.98. The summed E-state index contributed by atoms with van der Waals surface area (Å²) >= 11 is 0. The fourth-order valence-electron chi connectivity index (χ4n) is 4.85. The Morgan fingerprint density at radius 3 is 1.42 bits per heavy atom. The molecule has 0 N–H and O–H groups in total. The lowest BCUT2D eigenvalue weighted by atomic mass is 9.90. The second-order valence-corrected chi connectivity index (χ2v) is 9.98. The van der Waals surface area contributed by atoms with Crippen LogP contribution >= 0.6 is 0 Å². The Morgan fingerprint density at radius 2 is 1.00 bits per heavy atom. The van der Waals surface area contributed by atoms with Gasteiger partial charge in [0.2, 0.25) is 0 Å².